The molecule has 0 spiro atoms. The molecule has 1 aliphatic rings. The Balaban J connectivity index is 2.42. The number of hydrogen-bond acceptors (Lipinski definition) is 4. The molecule has 2 rings (SSSR count). The maximum absolute atomic E-state index is 13.7. The zero-order valence-electron chi connectivity index (χ0n) is 11.9. The fourth-order valence-corrected chi connectivity index (χ4v) is 2.52. The number of ether oxygens (including phenoxy) is 1. The third-order valence-electron chi connectivity index (χ3n) is 3.62. The van der Waals surface area contributed by atoms with Gasteiger partial charge in [0.25, 0.3) is 0 Å². The lowest BCUT2D eigenvalue weighted by atomic mass is 9.77. The fraction of sp³-hybridized carbons (Fsp3) is 0.375. The first-order valence-electron chi connectivity index (χ1n) is 6.80. The molecular formula is C16H17FO4. The van der Waals surface area contributed by atoms with Gasteiger partial charge in [-0.05, 0) is 31.0 Å². The van der Waals surface area contributed by atoms with E-state index in [1.807, 2.05) is 0 Å². The summed E-state index contributed by atoms with van der Waals surface area (Å²) < 4.78 is 18.7. The van der Waals surface area contributed by atoms with Gasteiger partial charge in [0.15, 0.2) is 5.78 Å². The van der Waals surface area contributed by atoms with Gasteiger partial charge in [-0.3, -0.25) is 9.59 Å². The number of carbonyl (C=O) groups excluding carboxylic acids is 2. The fourth-order valence-electron chi connectivity index (χ4n) is 2.52. The van der Waals surface area contributed by atoms with Crippen molar-refractivity contribution in [1.82, 2.24) is 0 Å². The van der Waals surface area contributed by atoms with Crippen LogP contribution in [0.15, 0.2) is 30.0 Å². The number of aryl methyl sites for hydroxylation is 1. The number of allylic oxidation sites excluding steroid dienone is 1. The standard InChI is InChI=1S/C16H17FO4/c1-3-21-16(20)15-12(7-11(18)8-14(15)19)10-5-4-9(2)13(17)6-10/h4-6,8,12,15,19H,3,7H2,1-2H3. The molecule has 0 fully saturated rings. The Bertz CT molecular complexity index is 606. The molecule has 1 N–H and O–H groups in total. The van der Waals surface area contributed by atoms with E-state index < -0.39 is 23.6 Å². The van der Waals surface area contributed by atoms with Crippen LogP contribution in [-0.4, -0.2) is 23.5 Å². The van der Waals surface area contributed by atoms with Crippen LogP contribution in [0, 0.1) is 18.7 Å². The van der Waals surface area contributed by atoms with Gasteiger partial charge in [0.05, 0.1) is 6.61 Å². The predicted octanol–water partition coefficient (Wildman–Crippen LogP) is 2.81. The average Bonchev–Trinajstić information content (AvgIpc) is 2.41. The Morgan fingerprint density at radius 1 is 1.48 bits per heavy atom. The van der Waals surface area contributed by atoms with E-state index in [4.69, 9.17) is 4.74 Å². The largest absolute Gasteiger partial charge is 0.511 e. The van der Waals surface area contributed by atoms with Gasteiger partial charge in [-0.2, -0.15) is 0 Å². The summed E-state index contributed by atoms with van der Waals surface area (Å²) in [5, 5.41) is 9.94. The van der Waals surface area contributed by atoms with Gasteiger partial charge in [-0.25, -0.2) is 4.39 Å². The van der Waals surface area contributed by atoms with Crippen LogP contribution in [0.25, 0.3) is 0 Å². The summed E-state index contributed by atoms with van der Waals surface area (Å²) in [5.74, 6) is -3.21. The molecule has 2 unspecified atom stereocenters. The van der Waals surface area contributed by atoms with Crippen LogP contribution in [0.3, 0.4) is 0 Å². The molecule has 0 aliphatic heterocycles. The molecule has 1 aromatic rings. The summed E-state index contributed by atoms with van der Waals surface area (Å²) in [6.07, 6.45) is 1.08. The maximum Gasteiger partial charge on any atom is 0.317 e. The molecule has 0 amide bonds. The van der Waals surface area contributed by atoms with Gasteiger partial charge in [0.2, 0.25) is 0 Å². The van der Waals surface area contributed by atoms with Gasteiger partial charge in [-0.15, -0.1) is 0 Å². The highest BCUT2D eigenvalue weighted by molar-refractivity contribution is 5.94. The van der Waals surface area contributed by atoms with Gasteiger partial charge >= 0.3 is 5.97 Å². The van der Waals surface area contributed by atoms with Crippen LogP contribution in [0.5, 0.6) is 0 Å². The monoisotopic (exact) mass is 292 g/mol. The Kier molecular flexibility index (Phi) is 4.40. The Labute approximate surface area is 122 Å². The Hall–Kier alpha value is -2.17. The van der Waals surface area contributed by atoms with Gasteiger partial charge in [0, 0.05) is 18.4 Å². The second-order valence-corrected chi connectivity index (χ2v) is 5.08. The van der Waals surface area contributed by atoms with Gasteiger partial charge in [0.1, 0.15) is 17.5 Å². The SMILES string of the molecule is CCOC(=O)C1C(O)=CC(=O)CC1c1ccc(C)c(F)c1. The summed E-state index contributed by atoms with van der Waals surface area (Å²) >= 11 is 0. The average molecular weight is 292 g/mol. The van der Waals surface area contributed by atoms with E-state index in [1.165, 1.54) is 6.07 Å². The van der Waals surface area contributed by atoms with E-state index in [2.05, 4.69) is 0 Å². The normalized spacial score (nSPS) is 21.9. The lowest BCUT2D eigenvalue weighted by Gasteiger charge is -2.28. The minimum absolute atomic E-state index is 0.0377. The van der Waals surface area contributed by atoms with Crippen molar-refractivity contribution in [2.75, 3.05) is 6.61 Å². The lowest BCUT2D eigenvalue weighted by Crippen LogP contribution is -2.31. The summed E-state index contributed by atoms with van der Waals surface area (Å²) in [5.41, 5.74) is 0.984. The predicted molar refractivity (Wildman–Crippen MR) is 74.3 cm³/mol. The number of ketones is 1. The van der Waals surface area contributed by atoms with Crippen LogP contribution in [0.4, 0.5) is 4.39 Å². The molecule has 112 valence electrons. The van der Waals surface area contributed by atoms with Crippen molar-refractivity contribution in [3.63, 3.8) is 0 Å². The van der Waals surface area contributed by atoms with Crippen LogP contribution >= 0.6 is 0 Å². The summed E-state index contributed by atoms with van der Waals surface area (Å²) in [4.78, 5) is 23.7. The molecule has 0 saturated carbocycles. The van der Waals surface area contributed by atoms with Crippen molar-refractivity contribution in [1.29, 1.82) is 0 Å². The highest BCUT2D eigenvalue weighted by Gasteiger charge is 2.39. The van der Waals surface area contributed by atoms with Crippen LogP contribution < -0.4 is 0 Å². The molecule has 0 saturated heterocycles. The first-order valence-corrected chi connectivity index (χ1v) is 6.80. The van der Waals surface area contributed by atoms with E-state index in [0.717, 1.165) is 6.08 Å². The van der Waals surface area contributed by atoms with E-state index in [-0.39, 0.29) is 24.6 Å². The van der Waals surface area contributed by atoms with Crippen LogP contribution in [0.1, 0.15) is 30.4 Å². The minimum Gasteiger partial charge on any atom is -0.511 e. The number of rotatable bonds is 3. The zero-order valence-corrected chi connectivity index (χ0v) is 11.9. The third kappa shape index (κ3) is 3.12. The molecule has 2 atom stereocenters. The molecular weight excluding hydrogens is 275 g/mol. The van der Waals surface area contributed by atoms with E-state index in [9.17, 15) is 19.1 Å². The molecule has 4 nitrogen and oxygen atoms in total. The maximum atomic E-state index is 13.7. The highest BCUT2D eigenvalue weighted by Crippen LogP contribution is 2.37. The Morgan fingerprint density at radius 2 is 2.19 bits per heavy atom. The number of aliphatic hydroxyl groups excluding tert-OH is 1. The number of halogens is 1. The zero-order chi connectivity index (χ0) is 15.6. The topological polar surface area (TPSA) is 63.6 Å². The first kappa shape index (κ1) is 15.2. The van der Waals surface area contributed by atoms with E-state index in [1.54, 1.807) is 26.0 Å². The summed E-state index contributed by atoms with van der Waals surface area (Å²) in [6, 6.07) is 4.56. The molecule has 0 bridgehead atoms. The molecule has 0 heterocycles. The van der Waals surface area contributed by atoms with Gasteiger partial charge in [-0.1, -0.05) is 12.1 Å². The van der Waals surface area contributed by atoms with Crippen molar-refractivity contribution < 1.29 is 23.8 Å². The Morgan fingerprint density at radius 3 is 2.81 bits per heavy atom. The molecule has 1 aliphatic carbocycles. The molecule has 0 aromatic heterocycles. The number of benzene rings is 1. The van der Waals surface area contributed by atoms with Crippen molar-refractivity contribution >= 4 is 11.8 Å². The molecule has 0 radical (unpaired) electrons. The number of esters is 1. The van der Waals surface area contributed by atoms with E-state index in [0.29, 0.717) is 11.1 Å². The second kappa shape index (κ2) is 6.08. The molecule has 5 heteroatoms. The first-order chi connectivity index (χ1) is 9.93. The highest BCUT2D eigenvalue weighted by atomic mass is 19.1. The number of hydrogen-bond donors (Lipinski definition) is 1. The third-order valence-corrected chi connectivity index (χ3v) is 3.62. The number of carbonyl (C=O) groups is 2. The van der Waals surface area contributed by atoms with Crippen molar-refractivity contribution in [2.45, 2.75) is 26.2 Å². The quantitative estimate of drug-likeness (QED) is 0.870. The lowest BCUT2D eigenvalue weighted by molar-refractivity contribution is -0.148. The second-order valence-electron chi connectivity index (χ2n) is 5.08. The summed E-state index contributed by atoms with van der Waals surface area (Å²) in [7, 11) is 0. The van der Waals surface area contributed by atoms with Crippen LogP contribution in [0.2, 0.25) is 0 Å². The van der Waals surface area contributed by atoms with E-state index >= 15 is 0 Å². The van der Waals surface area contributed by atoms with Gasteiger partial charge < -0.3 is 9.84 Å². The summed E-state index contributed by atoms with van der Waals surface area (Å²) in [6.45, 7) is 3.46. The molecule has 21 heavy (non-hydrogen) atoms. The van der Waals surface area contributed by atoms with Crippen molar-refractivity contribution in [2.24, 2.45) is 5.92 Å². The molecule has 1 aromatic carbocycles. The van der Waals surface area contributed by atoms with Crippen molar-refractivity contribution in [3.05, 3.63) is 47.0 Å². The smallest absolute Gasteiger partial charge is 0.317 e. The van der Waals surface area contributed by atoms with Crippen molar-refractivity contribution in [3.8, 4) is 0 Å². The van der Waals surface area contributed by atoms with Crippen LogP contribution in [-0.2, 0) is 14.3 Å². The minimum atomic E-state index is -0.968. The number of aliphatic hydroxyl groups is 1.